The van der Waals surface area contributed by atoms with Crippen molar-refractivity contribution in [3.63, 3.8) is 0 Å². The molecule has 2 heterocycles. The molecule has 4 aromatic rings. The predicted molar refractivity (Wildman–Crippen MR) is 104 cm³/mol. The zero-order chi connectivity index (χ0) is 17.1. The fourth-order valence-corrected chi connectivity index (χ4v) is 4.01. The molecule has 1 atom stereocenters. The summed E-state index contributed by atoms with van der Waals surface area (Å²) in [5.41, 5.74) is 2.16. The lowest BCUT2D eigenvalue weighted by atomic mass is 10.1. The van der Waals surface area contributed by atoms with E-state index in [1.54, 1.807) is 17.5 Å². The summed E-state index contributed by atoms with van der Waals surface area (Å²) in [4.78, 5) is 8.78. The van der Waals surface area contributed by atoms with E-state index in [0.29, 0.717) is 13.2 Å². The number of benzene rings is 2. The molecule has 0 spiro atoms. The zero-order valence-corrected chi connectivity index (χ0v) is 15.8. The Bertz CT molecular complexity index is 935. The minimum atomic E-state index is -0.0706. The number of thiazole rings is 1. The molecule has 0 radical (unpaired) electrons. The Labute approximate surface area is 158 Å². The van der Waals surface area contributed by atoms with Crippen LogP contribution in [0.2, 0.25) is 0 Å². The van der Waals surface area contributed by atoms with Crippen LogP contribution >= 0.6 is 27.3 Å². The number of hydrogen-bond acceptors (Lipinski definition) is 4. The van der Waals surface area contributed by atoms with Gasteiger partial charge in [-0.15, -0.1) is 11.3 Å². The molecule has 2 aromatic heterocycles. The molecule has 0 saturated heterocycles. The van der Waals surface area contributed by atoms with Gasteiger partial charge in [-0.3, -0.25) is 0 Å². The molecule has 25 heavy (non-hydrogen) atoms. The highest BCUT2D eigenvalue weighted by atomic mass is 79.9. The smallest absolute Gasteiger partial charge is 0.120 e. The first-order valence-electron chi connectivity index (χ1n) is 7.95. The van der Waals surface area contributed by atoms with Gasteiger partial charge in [0.1, 0.15) is 11.1 Å². The third kappa shape index (κ3) is 3.98. The average molecular weight is 414 g/mol. The SMILES string of the molecule is Brc1cccc(C(Cn2ccnc2)OCc2nc3ccccc3s2)c1. The lowest BCUT2D eigenvalue weighted by Gasteiger charge is -2.18. The van der Waals surface area contributed by atoms with E-state index in [9.17, 15) is 0 Å². The monoisotopic (exact) mass is 413 g/mol. The molecule has 0 amide bonds. The number of rotatable bonds is 6. The fourth-order valence-electron chi connectivity index (χ4n) is 2.70. The minimum Gasteiger partial charge on any atom is -0.364 e. The van der Waals surface area contributed by atoms with Gasteiger partial charge in [0.05, 0.1) is 29.7 Å². The zero-order valence-electron chi connectivity index (χ0n) is 13.4. The Kier molecular flexibility index (Phi) is 4.92. The van der Waals surface area contributed by atoms with Gasteiger partial charge in [0.15, 0.2) is 0 Å². The minimum absolute atomic E-state index is 0.0706. The van der Waals surface area contributed by atoms with E-state index in [2.05, 4.69) is 44.1 Å². The highest BCUT2D eigenvalue weighted by Crippen LogP contribution is 2.27. The molecule has 0 saturated carbocycles. The quantitative estimate of drug-likeness (QED) is 0.435. The van der Waals surface area contributed by atoms with Crippen LogP contribution in [0.15, 0.2) is 71.7 Å². The maximum atomic E-state index is 6.25. The van der Waals surface area contributed by atoms with E-state index in [1.807, 2.05) is 47.4 Å². The van der Waals surface area contributed by atoms with E-state index < -0.39 is 0 Å². The van der Waals surface area contributed by atoms with Gasteiger partial charge in [0.25, 0.3) is 0 Å². The standard InChI is InChI=1S/C19H16BrN3OS/c20-15-5-3-4-14(10-15)17(11-23-9-8-21-13-23)24-12-19-22-16-6-1-2-7-18(16)25-19/h1-10,13,17H,11-12H2. The molecule has 0 aliphatic rings. The van der Waals surface area contributed by atoms with Crippen LogP contribution in [0.4, 0.5) is 0 Å². The molecule has 4 rings (SSSR count). The van der Waals surface area contributed by atoms with Gasteiger partial charge in [-0.25, -0.2) is 9.97 Å². The Hall–Kier alpha value is -2.02. The molecule has 0 fully saturated rings. The van der Waals surface area contributed by atoms with Crippen LogP contribution in [0, 0.1) is 0 Å². The van der Waals surface area contributed by atoms with Crippen molar-refractivity contribution in [3.8, 4) is 0 Å². The maximum absolute atomic E-state index is 6.25. The van der Waals surface area contributed by atoms with Crippen molar-refractivity contribution in [2.45, 2.75) is 19.3 Å². The molecule has 0 aliphatic carbocycles. The second-order valence-electron chi connectivity index (χ2n) is 5.69. The van der Waals surface area contributed by atoms with Crippen LogP contribution in [-0.2, 0) is 17.9 Å². The number of imidazole rings is 1. The van der Waals surface area contributed by atoms with E-state index in [0.717, 1.165) is 20.6 Å². The normalized spacial score (nSPS) is 12.5. The average Bonchev–Trinajstić information content (AvgIpc) is 3.27. The highest BCUT2D eigenvalue weighted by Gasteiger charge is 2.15. The molecular formula is C19H16BrN3OS. The molecular weight excluding hydrogens is 398 g/mol. The van der Waals surface area contributed by atoms with Crippen LogP contribution in [0.25, 0.3) is 10.2 Å². The van der Waals surface area contributed by atoms with E-state index in [1.165, 1.54) is 4.70 Å². The summed E-state index contributed by atoms with van der Waals surface area (Å²) >= 11 is 5.22. The number of fused-ring (bicyclic) bond motifs is 1. The molecule has 6 heteroatoms. The van der Waals surface area contributed by atoms with Crippen LogP contribution in [0.5, 0.6) is 0 Å². The number of para-hydroxylation sites is 1. The molecule has 1 unspecified atom stereocenters. The molecule has 0 N–H and O–H groups in total. The third-order valence-electron chi connectivity index (χ3n) is 3.90. The lowest BCUT2D eigenvalue weighted by Crippen LogP contribution is -2.12. The maximum Gasteiger partial charge on any atom is 0.120 e. The van der Waals surface area contributed by atoms with Gasteiger partial charge < -0.3 is 9.30 Å². The van der Waals surface area contributed by atoms with Crippen LogP contribution in [-0.4, -0.2) is 14.5 Å². The van der Waals surface area contributed by atoms with Crippen molar-refractivity contribution in [2.24, 2.45) is 0 Å². The molecule has 4 nitrogen and oxygen atoms in total. The summed E-state index contributed by atoms with van der Waals surface area (Å²) in [6, 6.07) is 16.4. The summed E-state index contributed by atoms with van der Waals surface area (Å²) in [6.07, 6.45) is 5.47. The van der Waals surface area contributed by atoms with Gasteiger partial charge in [-0.05, 0) is 29.8 Å². The Morgan fingerprint density at radius 3 is 2.88 bits per heavy atom. The summed E-state index contributed by atoms with van der Waals surface area (Å²) in [6.45, 7) is 1.20. The number of nitrogens with zero attached hydrogens (tertiary/aromatic N) is 3. The highest BCUT2D eigenvalue weighted by molar-refractivity contribution is 9.10. The Morgan fingerprint density at radius 1 is 1.16 bits per heavy atom. The first kappa shape index (κ1) is 16.4. The molecule has 0 aliphatic heterocycles. The summed E-state index contributed by atoms with van der Waals surface area (Å²) in [7, 11) is 0. The number of halogens is 1. The first-order valence-corrected chi connectivity index (χ1v) is 9.56. The first-order chi connectivity index (χ1) is 12.3. The van der Waals surface area contributed by atoms with E-state index >= 15 is 0 Å². The van der Waals surface area contributed by atoms with Crippen molar-refractivity contribution in [1.82, 2.24) is 14.5 Å². The largest absolute Gasteiger partial charge is 0.364 e. The van der Waals surface area contributed by atoms with E-state index in [4.69, 9.17) is 4.74 Å². The van der Waals surface area contributed by atoms with Crippen molar-refractivity contribution in [3.05, 3.63) is 82.3 Å². The van der Waals surface area contributed by atoms with Gasteiger partial charge in [0, 0.05) is 16.9 Å². The molecule has 126 valence electrons. The van der Waals surface area contributed by atoms with Gasteiger partial charge in [0.2, 0.25) is 0 Å². The fraction of sp³-hybridized carbons (Fsp3) is 0.158. The van der Waals surface area contributed by atoms with Crippen molar-refractivity contribution in [1.29, 1.82) is 0 Å². The Balaban J connectivity index is 1.55. The van der Waals surface area contributed by atoms with Crippen LogP contribution in [0.3, 0.4) is 0 Å². The summed E-state index contributed by atoms with van der Waals surface area (Å²) < 4.78 is 10.5. The Morgan fingerprint density at radius 2 is 2.08 bits per heavy atom. The van der Waals surface area contributed by atoms with Gasteiger partial charge in [-0.2, -0.15) is 0 Å². The van der Waals surface area contributed by atoms with Gasteiger partial charge >= 0.3 is 0 Å². The topological polar surface area (TPSA) is 39.9 Å². The third-order valence-corrected chi connectivity index (χ3v) is 5.41. The number of aromatic nitrogens is 3. The summed E-state index contributed by atoms with van der Waals surface area (Å²) in [5, 5.41) is 0.992. The molecule has 0 bridgehead atoms. The summed E-state index contributed by atoms with van der Waals surface area (Å²) in [5.74, 6) is 0. The lowest BCUT2D eigenvalue weighted by molar-refractivity contribution is 0.0279. The van der Waals surface area contributed by atoms with Gasteiger partial charge in [-0.1, -0.05) is 40.2 Å². The molecule has 2 aromatic carbocycles. The predicted octanol–water partition coefficient (Wildman–Crippen LogP) is 5.21. The van der Waals surface area contributed by atoms with Crippen LogP contribution < -0.4 is 0 Å². The van der Waals surface area contributed by atoms with Crippen molar-refractivity contribution in [2.75, 3.05) is 0 Å². The number of ether oxygens (including phenoxy) is 1. The number of hydrogen-bond donors (Lipinski definition) is 0. The van der Waals surface area contributed by atoms with Crippen molar-refractivity contribution >= 4 is 37.5 Å². The van der Waals surface area contributed by atoms with E-state index in [-0.39, 0.29) is 6.10 Å². The second-order valence-corrected chi connectivity index (χ2v) is 7.72. The van der Waals surface area contributed by atoms with Crippen molar-refractivity contribution < 1.29 is 4.74 Å². The second kappa shape index (κ2) is 7.47. The van der Waals surface area contributed by atoms with Crippen LogP contribution in [0.1, 0.15) is 16.7 Å².